The van der Waals surface area contributed by atoms with Gasteiger partial charge in [0.05, 0.1) is 12.0 Å². The normalized spacial score (nSPS) is 10.8. The monoisotopic (exact) mass is 463 g/mol. The number of nitro groups is 1. The van der Waals surface area contributed by atoms with Crippen LogP contribution in [-0.4, -0.2) is 17.9 Å². The first-order chi connectivity index (χ1) is 15.9. The van der Waals surface area contributed by atoms with E-state index in [1.54, 1.807) is 18.2 Å². The Hall–Kier alpha value is -4.35. The van der Waals surface area contributed by atoms with Crippen molar-refractivity contribution in [3.05, 3.63) is 98.6 Å². The smallest absolute Gasteiger partial charge is 0.294 e. The van der Waals surface area contributed by atoms with Crippen LogP contribution < -0.4 is 14.8 Å². The molecule has 0 unspecified atom stereocenters. The van der Waals surface area contributed by atoms with Crippen molar-refractivity contribution in [1.29, 1.82) is 5.26 Å². The second-order valence-electron chi connectivity index (χ2n) is 6.73. The number of nitro benzene ring substituents is 1. The molecule has 0 fully saturated rings. The predicted octanol–water partition coefficient (Wildman–Crippen LogP) is 5.38. The number of nitrogens with zero attached hydrogens (tertiary/aromatic N) is 2. The van der Waals surface area contributed by atoms with Gasteiger partial charge in [-0.3, -0.25) is 14.9 Å². The summed E-state index contributed by atoms with van der Waals surface area (Å²) in [5, 5.41) is 23.3. The number of carbonyl (C=O) groups is 1. The maximum Gasteiger partial charge on any atom is 0.294 e. The Labute approximate surface area is 194 Å². The maximum absolute atomic E-state index is 12.6. The Kier molecular flexibility index (Phi) is 7.63. The highest BCUT2D eigenvalue weighted by Gasteiger charge is 2.19. The van der Waals surface area contributed by atoms with Crippen molar-refractivity contribution in [3.8, 4) is 17.6 Å². The molecule has 3 rings (SSSR count). The van der Waals surface area contributed by atoms with Crippen molar-refractivity contribution in [2.24, 2.45) is 0 Å². The molecule has 0 aliphatic heterocycles. The molecule has 0 atom stereocenters. The van der Waals surface area contributed by atoms with E-state index in [4.69, 9.17) is 21.1 Å². The van der Waals surface area contributed by atoms with Gasteiger partial charge in [0.2, 0.25) is 0 Å². The molecule has 1 N–H and O–H groups in total. The molecule has 0 saturated carbocycles. The van der Waals surface area contributed by atoms with E-state index < -0.39 is 10.8 Å². The summed E-state index contributed by atoms with van der Waals surface area (Å²) in [6, 6.07) is 20.1. The summed E-state index contributed by atoms with van der Waals surface area (Å²) in [5.41, 5.74) is 0.767. The van der Waals surface area contributed by atoms with E-state index in [9.17, 15) is 20.2 Å². The molecule has 1 amide bonds. The van der Waals surface area contributed by atoms with Crippen LogP contribution in [0.25, 0.3) is 6.08 Å². The van der Waals surface area contributed by atoms with Crippen molar-refractivity contribution >= 4 is 35.0 Å². The van der Waals surface area contributed by atoms with E-state index in [2.05, 4.69) is 5.32 Å². The zero-order valence-electron chi connectivity index (χ0n) is 17.4. The molecule has 0 radical (unpaired) electrons. The van der Waals surface area contributed by atoms with Crippen LogP contribution in [0.4, 0.5) is 11.4 Å². The summed E-state index contributed by atoms with van der Waals surface area (Å²) in [7, 11) is 1.51. The van der Waals surface area contributed by atoms with Gasteiger partial charge in [0, 0.05) is 11.1 Å². The summed E-state index contributed by atoms with van der Waals surface area (Å²) in [4.78, 5) is 23.2. The van der Waals surface area contributed by atoms with Gasteiger partial charge >= 0.3 is 0 Å². The zero-order valence-corrected chi connectivity index (χ0v) is 18.2. The van der Waals surface area contributed by atoms with E-state index in [-0.39, 0.29) is 22.0 Å². The molecular weight excluding hydrogens is 446 g/mol. The zero-order chi connectivity index (χ0) is 23.8. The molecule has 0 saturated heterocycles. The molecule has 8 nitrogen and oxygen atoms in total. The number of amides is 1. The van der Waals surface area contributed by atoms with Gasteiger partial charge in [-0.1, -0.05) is 48.0 Å². The fourth-order valence-corrected chi connectivity index (χ4v) is 3.06. The molecule has 0 aliphatic rings. The topological polar surface area (TPSA) is 114 Å². The third kappa shape index (κ3) is 6.09. The van der Waals surface area contributed by atoms with Gasteiger partial charge in [0.1, 0.15) is 23.9 Å². The van der Waals surface area contributed by atoms with Gasteiger partial charge in [-0.2, -0.15) is 5.26 Å². The number of hydrogen-bond acceptors (Lipinski definition) is 6. The van der Waals surface area contributed by atoms with Crippen LogP contribution in [0.5, 0.6) is 11.5 Å². The lowest BCUT2D eigenvalue weighted by Crippen LogP contribution is -2.14. The van der Waals surface area contributed by atoms with Crippen LogP contribution in [0.1, 0.15) is 11.1 Å². The van der Waals surface area contributed by atoms with Gasteiger partial charge < -0.3 is 14.8 Å². The molecule has 3 aromatic rings. The van der Waals surface area contributed by atoms with Gasteiger partial charge in [-0.25, -0.2) is 0 Å². The number of hydrogen-bond donors (Lipinski definition) is 1. The molecule has 0 aromatic heterocycles. The Morgan fingerprint density at radius 3 is 2.58 bits per heavy atom. The highest BCUT2D eigenvalue weighted by Crippen LogP contribution is 2.31. The lowest BCUT2D eigenvalue weighted by Gasteiger charge is -2.12. The van der Waals surface area contributed by atoms with Crippen molar-refractivity contribution in [3.63, 3.8) is 0 Å². The van der Waals surface area contributed by atoms with Crippen molar-refractivity contribution in [1.82, 2.24) is 0 Å². The van der Waals surface area contributed by atoms with Crippen molar-refractivity contribution in [2.75, 3.05) is 12.4 Å². The molecule has 33 heavy (non-hydrogen) atoms. The highest BCUT2D eigenvalue weighted by atomic mass is 35.5. The molecule has 166 valence electrons. The molecule has 0 heterocycles. The Morgan fingerprint density at radius 1 is 1.15 bits per heavy atom. The summed E-state index contributed by atoms with van der Waals surface area (Å²) < 4.78 is 11.2. The highest BCUT2D eigenvalue weighted by molar-refractivity contribution is 6.31. The van der Waals surface area contributed by atoms with Crippen LogP contribution in [0, 0.1) is 21.4 Å². The number of benzene rings is 3. The van der Waals surface area contributed by atoms with Crippen LogP contribution in [-0.2, 0) is 11.4 Å². The quantitative estimate of drug-likeness (QED) is 0.207. The summed E-state index contributed by atoms with van der Waals surface area (Å²) in [5.74, 6) is 0.120. The van der Waals surface area contributed by atoms with E-state index in [1.807, 2.05) is 36.4 Å². The lowest BCUT2D eigenvalue weighted by molar-refractivity contribution is -0.383. The van der Waals surface area contributed by atoms with E-state index in [0.29, 0.717) is 23.7 Å². The molecule has 3 aromatic carbocycles. The first-order valence-electron chi connectivity index (χ1n) is 9.63. The van der Waals surface area contributed by atoms with E-state index in [0.717, 1.165) is 11.6 Å². The number of anilines is 1. The Bertz CT molecular complexity index is 1250. The number of rotatable bonds is 8. The van der Waals surface area contributed by atoms with Crippen molar-refractivity contribution < 1.29 is 19.2 Å². The molecule has 9 heteroatoms. The number of methoxy groups -OCH3 is 1. The van der Waals surface area contributed by atoms with Crippen LogP contribution in [0.15, 0.2) is 72.3 Å². The van der Waals surface area contributed by atoms with Gasteiger partial charge in [-0.05, 0) is 41.5 Å². The first-order valence-corrected chi connectivity index (χ1v) is 10.0. The second kappa shape index (κ2) is 10.8. The predicted molar refractivity (Wildman–Crippen MR) is 124 cm³/mol. The summed E-state index contributed by atoms with van der Waals surface area (Å²) in [6.45, 7) is 0.302. The minimum absolute atomic E-state index is 0.0721. The molecular formula is C24H18ClN3O5. The number of nitrogens with one attached hydrogen (secondary N) is 1. The second-order valence-corrected chi connectivity index (χ2v) is 7.16. The minimum Gasteiger partial charge on any atom is -0.493 e. The first kappa shape index (κ1) is 23.3. The fraction of sp³-hybridized carbons (Fsp3) is 0.0833. The van der Waals surface area contributed by atoms with Gasteiger partial charge in [0.25, 0.3) is 11.6 Å². The van der Waals surface area contributed by atoms with Crippen LogP contribution >= 0.6 is 11.6 Å². The van der Waals surface area contributed by atoms with Crippen LogP contribution in [0.2, 0.25) is 5.02 Å². The average Bonchev–Trinajstić information content (AvgIpc) is 2.82. The lowest BCUT2D eigenvalue weighted by atomic mass is 10.1. The maximum atomic E-state index is 12.6. The molecule has 0 bridgehead atoms. The van der Waals surface area contributed by atoms with E-state index in [1.165, 1.54) is 25.3 Å². The Balaban J connectivity index is 1.84. The largest absolute Gasteiger partial charge is 0.493 e. The summed E-state index contributed by atoms with van der Waals surface area (Å²) in [6.07, 6.45) is 1.35. The summed E-state index contributed by atoms with van der Waals surface area (Å²) >= 11 is 5.80. The SMILES string of the molecule is COc1ccc(/C=C(\C#N)C(=O)Nc2ccc(Cl)cc2[N+](=O)[O-])cc1OCc1ccccc1. The third-order valence-corrected chi connectivity index (χ3v) is 4.74. The minimum atomic E-state index is -0.800. The van der Waals surface area contributed by atoms with Crippen LogP contribution in [0.3, 0.4) is 0 Å². The molecule has 0 aliphatic carbocycles. The Morgan fingerprint density at radius 2 is 1.91 bits per heavy atom. The number of carbonyl (C=O) groups excluding carboxylic acids is 1. The van der Waals surface area contributed by atoms with Gasteiger partial charge in [-0.15, -0.1) is 0 Å². The number of nitriles is 1. The van der Waals surface area contributed by atoms with Gasteiger partial charge in [0.15, 0.2) is 11.5 Å². The fourth-order valence-electron chi connectivity index (χ4n) is 2.90. The standard InChI is InChI=1S/C24H18ClN3O5/c1-32-22-10-7-17(12-23(22)33-15-16-5-3-2-4-6-16)11-18(14-26)24(29)27-20-9-8-19(25)13-21(20)28(30)31/h2-13H,15H2,1H3,(H,27,29)/b18-11+. The number of ether oxygens (including phenoxy) is 2. The van der Waals surface area contributed by atoms with Crippen molar-refractivity contribution in [2.45, 2.75) is 6.61 Å². The molecule has 0 spiro atoms. The average molecular weight is 464 g/mol. The number of halogens is 1. The van der Waals surface area contributed by atoms with E-state index >= 15 is 0 Å². The third-order valence-electron chi connectivity index (χ3n) is 4.51.